The van der Waals surface area contributed by atoms with Crippen molar-refractivity contribution in [2.75, 3.05) is 7.11 Å². The number of hydrogen-bond acceptors (Lipinski definition) is 6. The molecule has 0 aliphatic heterocycles. The maximum absolute atomic E-state index is 10.3. The van der Waals surface area contributed by atoms with Crippen LogP contribution in [0.4, 0.5) is 11.6 Å². The van der Waals surface area contributed by atoms with E-state index in [0.29, 0.717) is 0 Å². The molecule has 0 spiro atoms. The second kappa shape index (κ2) is 9.50. The fraction of sp³-hybridized carbons (Fsp3) is 0.136. The minimum Gasteiger partial charge on any atom is -0.744 e. The van der Waals surface area contributed by atoms with Crippen LogP contribution in [0.5, 0.6) is 5.75 Å². The lowest BCUT2D eigenvalue weighted by molar-refractivity contribution is -0.632. The number of rotatable bonds is 4. The van der Waals surface area contributed by atoms with Gasteiger partial charge in [0.25, 0.3) is 0 Å². The molecule has 0 aliphatic carbocycles. The van der Waals surface area contributed by atoms with E-state index in [1.54, 1.807) is 13.2 Å². The molecule has 9 heteroatoms. The van der Waals surface area contributed by atoms with Gasteiger partial charge in [0.1, 0.15) is 32.6 Å². The molecular formula is C22H22N4O4S. The van der Waals surface area contributed by atoms with Crippen molar-refractivity contribution in [1.82, 2.24) is 4.57 Å². The highest BCUT2D eigenvalue weighted by Crippen LogP contribution is 2.22. The van der Waals surface area contributed by atoms with Crippen LogP contribution < -0.4 is 9.30 Å². The summed E-state index contributed by atoms with van der Waals surface area (Å²) in [5.74, 6) is 1.61. The average molecular weight is 439 g/mol. The molecular weight excluding hydrogens is 416 g/mol. The highest BCUT2D eigenvalue weighted by molar-refractivity contribution is 7.85. The number of benzene rings is 3. The number of hydrogen-bond donors (Lipinski definition) is 0. The third-order valence-electron chi connectivity index (χ3n) is 4.56. The number of aryl methyl sites for hydroxylation is 2. The molecule has 31 heavy (non-hydrogen) atoms. The van der Waals surface area contributed by atoms with E-state index in [1.807, 2.05) is 59.6 Å². The van der Waals surface area contributed by atoms with Crippen molar-refractivity contribution in [3.05, 3.63) is 78.9 Å². The molecule has 0 atom stereocenters. The minimum atomic E-state index is -4.25. The molecule has 1 aromatic heterocycles. The first-order chi connectivity index (χ1) is 14.8. The lowest BCUT2D eigenvalue weighted by Crippen LogP contribution is -2.26. The number of nitrogens with zero attached hydrogens (tertiary/aromatic N) is 4. The summed E-state index contributed by atoms with van der Waals surface area (Å²) in [7, 11) is 1.37. The molecule has 0 saturated heterocycles. The molecule has 160 valence electrons. The molecule has 8 nitrogen and oxygen atoms in total. The zero-order valence-electron chi connectivity index (χ0n) is 17.3. The lowest BCUT2D eigenvalue weighted by atomic mass is 10.3. The second-order valence-corrected chi connectivity index (χ2v) is 7.95. The Morgan fingerprint density at radius 2 is 1.52 bits per heavy atom. The van der Waals surface area contributed by atoms with Gasteiger partial charge in [-0.3, -0.25) is 0 Å². The number of ether oxygens (including phenoxy) is 1. The van der Waals surface area contributed by atoms with Gasteiger partial charge in [0.15, 0.2) is 0 Å². The first-order valence-electron chi connectivity index (χ1n) is 9.31. The van der Waals surface area contributed by atoms with E-state index in [2.05, 4.69) is 22.4 Å². The maximum Gasteiger partial charge on any atom is 0.422 e. The van der Waals surface area contributed by atoms with Crippen molar-refractivity contribution in [2.45, 2.75) is 4.90 Å². The van der Waals surface area contributed by atoms with Gasteiger partial charge >= 0.3 is 5.95 Å². The highest BCUT2D eigenvalue weighted by Gasteiger charge is 2.18. The third kappa shape index (κ3) is 5.33. The number of aromatic nitrogens is 2. The van der Waals surface area contributed by atoms with Crippen molar-refractivity contribution in [3.8, 4) is 5.75 Å². The zero-order valence-corrected chi connectivity index (χ0v) is 18.2. The van der Waals surface area contributed by atoms with Gasteiger partial charge in [0.05, 0.1) is 26.1 Å². The molecule has 0 radical (unpaired) electrons. The van der Waals surface area contributed by atoms with Gasteiger partial charge in [-0.2, -0.15) is 0 Å². The highest BCUT2D eigenvalue weighted by atomic mass is 32.2. The van der Waals surface area contributed by atoms with Crippen molar-refractivity contribution in [2.24, 2.45) is 24.3 Å². The molecule has 0 N–H and O–H groups in total. The van der Waals surface area contributed by atoms with Gasteiger partial charge in [-0.05, 0) is 48.5 Å². The normalized spacial score (nSPS) is 11.4. The van der Waals surface area contributed by atoms with Crippen LogP contribution in [-0.2, 0) is 24.2 Å². The first kappa shape index (κ1) is 22.1. The number of azo groups is 1. The van der Waals surface area contributed by atoms with E-state index in [9.17, 15) is 13.0 Å². The fourth-order valence-corrected chi connectivity index (χ4v) is 3.44. The molecule has 3 aromatic carbocycles. The van der Waals surface area contributed by atoms with Gasteiger partial charge in [0.2, 0.25) is 0 Å². The Balaban J connectivity index is 0.000000229. The summed E-state index contributed by atoms with van der Waals surface area (Å²) < 4.78 is 40.0. The van der Waals surface area contributed by atoms with Crippen molar-refractivity contribution < 1.29 is 22.3 Å². The van der Waals surface area contributed by atoms with Crippen LogP contribution in [0, 0.1) is 0 Å². The van der Waals surface area contributed by atoms with Crippen LogP contribution >= 0.6 is 0 Å². The third-order valence-corrected chi connectivity index (χ3v) is 5.41. The summed E-state index contributed by atoms with van der Waals surface area (Å²) in [5, 5.41) is 8.67. The van der Waals surface area contributed by atoms with E-state index >= 15 is 0 Å². The SMILES string of the molecule is COc1ccc(N=Nc2n(C)c3ccccc3[n+]2C)cc1.O=S(=O)([O-])c1ccccc1. The fourth-order valence-electron chi connectivity index (χ4n) is 2.94. The molecule has 4 aromatic rings. The van der Waals surface area contributed by atoms with Crippen molar-refractivity contribution >= 4 is 32.8 Å². The predicted molar refractivity (Wildman–Crippen MR) is 116 cm³/mol. The molecule has 1 heterocycles. The molecule has 0 unspecified atom stereocenters. The predicted octanol–water partition coefficient (Wildman–Crippen LogP) is 4.02. The van der Waals surface area contributed by atoms with Crippen LogP contribution in [0.3, 0.4) is 0 Å². The smallest absolute Gasteiger partial charge is 0.422 e. The number of fused-ring (bicyclic) bond motifs is 1. The molecule has 4 rings (SSSR count). The van der Waals surface area contributed by atoms with Gasteiger partial charge in [-0.15, -0.1) is 0 Å². The van der Waals surface area contributed by atoms with E-state index < -0.39 is 10.1 Å². The summed E-state index contributed by atoms with van der Waals surface area (Å²) >= 11 is 0. The zero-order chi connectivity index (χ0) is 22.4. The van der Waals surface area contributed by atoms with E-state index in [0.717, 1.165) is 28.4 Å². The van der Waals surface area contributed by atoms with E-state index in [1.165, 1.54) is 24.3 Å². The quantitative estimate of drug-likeness (QED) is 0.273. The molecule has 0 fully saturated rings. The number of para-hydroxylation sites is 2. The Morgan fingerprint density at radius 3 is 2.06 bits per heavy atom. The van der Waals surface area contributed by atoms with Crippen molar-refractivity contribution in [1.29, 1.82) is 0 Å². The summed E-state index contributed by atoms with van der Waals surface area (Å²) in [4.78, 5) is -0.185. The number of methoxy groups -OCH3 is 1. The van der Waals surface area contributed by atoms with E-state index in [4.69, 9.17) is 4.74 Å². The topological polar surface area (TPSA) is 100.0 Å². The van der Waals surface area contributed by atoms with Crippen LogP contribution in [-0.4, -0.2) is 24.6 Å². The van der Waals surface area contributed by atoms with Crippen LogP contribution in [0.25, 0.3) is 11.0 Å². The largest absolute Gasteiger partial charge is 0.744 e. The lowest BCUT2D eigenvalue weighted by Gasteiger charge is -2.04. The summed E-state index contributed by atoms with van der Waals surface area (Å²) in [5.41, 5.74) is 3.05. The van der Waals surface area contributed by atoms with Gasteiger partial charge in [-0.1, -0.05) is 35.4 Å². The number of imidazole rings is 1. The summed E-state index contributed by atoms with van der Waals surface area (Å²) in [6, 6.07) is 22.9. The molecule has 0 aliphatic rings. The Hall–Kier alpha value is -3.56. The Bertz CT molecular complexity index is 1260. The molecule has 0 bridgehead atoms. The van der Waals surface area contributed by atoms with Gasteiger partial charge < -0.3 is 9.29 Å². The van der Waals surface area contributed by atoms with Crippen molar-refractivity contribution in [3.63, 3.8) is 0 Å². The van der Waals surface area contributed by atoms with Gasteiger partial charge in [0, 0.05) is 5.11 Å². The van der Waals surface area contributed by atoms with Crippen LogP contribution in [0.2, 0.25) is 0 Å². The molecule has 0 saturated carbocycles. The first-order valence-corrected chi connectivity index (χ1v) is 10.7. The average Bonchev–Trinajstić information content (AvgIpc) is 3.03. The molecule has 0 amide bonds. The Morgan fingerprint density at radius 1 is 0.903 bits per heavy atom. The van der Waals surface area contributed by atoms with E-state index in [-0.39, 0.29) is 4.90 Å². The maximum atomic E-state index is 10.3. The van der Waals surface area contributed by atoms with Crippen LogP contribution in [0.15, 0.2) is 94.0 Å². The van der Waals surface area contributed by atoms with Crippen LogP contribution in [0.1, 0.15) is 0 Å². The van der Waals surface area contributed by atoms with Gasteiger partial charge in [-0.25, -0.2) is 17.6 Å². The Kier molecular flexibility index (Phi) is 6.78. The summed E-state index contributed by atoms with van der Waals surface area (Å²) in [6.07, 6.45) is 0. The monoisotopic (exact) mass is 438 g/mol. The summed E-state index contributed by atoms with van der Waals surface area (Å²) in [6.45, 7) is 0. The Labute approximate surface area is 180 Å². The minimum absolute atomic E-state index is 0.185. The standard InChI is InChI=1S/C16H17N4O.C6H6O3S/c1-19-14-6-4-5-7-15(14)20(2)16(19)18-17-12-8-10-13(21-3)11-9-12;7-10(8,9)6-4-2-1-3-5-6/h4-11H,1-3H3;1-5H,(H,7,8,9)/q+1;/p-1. The second-order valence-electron chi connectivity index (χ2n) is 6.57.